The Bertz CT molecular complexity index is 1400. The molecule has 162 valence electrons. The number of amides is 2. The van der Waals surface area contributed by atoms with E-state index in [-0.39, 0.29) is 18.1 Å². The first-order valence-electron chi connectivity index (χ1n) is 9.25. The Morgan fingerprint density at radius 1 is 1.12 bits per heavy atom. The summed E-state index contributed by atoms with van der Waals surface area (Å²) in [5.74, 6) is -1.42. The molecule has 4 aromatic rings. The number of hydrogen-bond donors (Lipinski definition) is 4. The Labute approximate surface area is 190 Å². The van der Waals surface area contributed by atoms with Gasteiger partial charge < -0.3 is 25.3 Å². The van der Waals surface area contributed by atoms with Crippen molar-refractivity contribution in [3.63, 3.8) is 0 Å². The van der Waals surface area contributed by atoms with Crippen LogP contribution in [-0.2, 0) is 6.54 Å². The molecule has 2 aromatic carbocycles. The molecule has 0 aliphatic rings. The molecule has 32 heavy (non-hydrogen) atoms. The van der Waals surface area contributed by atoms with Crippen LogP contribution in [0.25, 0.3) is 16.7 Å². The molecule has 2 heterocycles. The summed E-state index contributed by atoms with van der Waals surface area (Å²) >= 11 is 12.2. The summed E-state index contributed by atoms with van der Waals surface area (Å²) in [5.41, 5.74) is 1.13. The third kappa shape index (κ3) is 4.58. The smallest absolute Gasteiger partial charge is 0.360 e. The van der Waals surface area contributed by atoms with Crippen LogP contribution in [0.5, 0.6) is 0 Å². The minimum absolute atomic E-state index is 0.256. The van der Waals surface area contributed by atoms with Gasteiger partial charge in [0.05, 0.1) is 21.7 Å². The van der Waals surface area contributed by atoms with Gasteiger partial charge in [-0.05, 0) is 48.0 Å². The van der Waals surface area contributed by atoms with E-state index in [1.165, 1.54) is 6.07 Å². The molecular weight excluding hydrogens is 457 g/mol. The first-order valence-corrected chi connectivity index (χ1v) is 10.0. The van der Waals surface area contributed by atoms with Gasteiger partial charge in [-0.15, -0.1) is 0 Å². The molecule has 9 nitrogen and oxygen atoms in total. The van der Waals surface area contributed by atoms with Crippen LogP contribution < -0.4 is 16.2 Å². The van der Waals surface area contributed by atoms with Crippen LogP contribution >= 0.6 is 23.2 Å². The quantitative estimate of drug-likeness (QED) is 0.349. The van der Waals surface area contributed by atoms with E-state index in [9.17, 15) is 14.4 Å². The van der Waals surface area contributed by atoms with Gasteiger partial charge >= 0.3 is 12.0 Å². The van der Waals surface area contributed by atoms with E-state index in [0.717, 1.165) is 5.56 Å². The third-order valence-corrected chi connectivity index (χ3v) is 5.11. The van der Waals surface area contributed by atoms with Crippen molar-refractivity contribution in [2.45, 2.75) is 6.54 Å². The van der Waals surface area contributed by atoms with Crippen molar-refractivity contribution in [2.24, 2.45) is 0 Å². The summed E-state index contributed by atoms with van der Waals surface area (Å²) < 4.78 is 1.71. The Morgan fingerprint density at radius 2 is 1.88 bits per heavy atom. The van der Waals surface area contributed by atoms with Crippen LogP contribution in [0.3, 0.4) is 0 Å². The van der Waals surface area contributed by atoms with Gasteiger partial charge in [0, 0.05) is 29.6 Å². The molecule has 2 aromatic heterocycles. The predicted octanol–water partition coefficient (Wildman–Crippen LogP) is 4.04. The van der Waals surface area contributed by atoms with Crippen molar-refractivity contribution in [3.8, 4) is 5.69 Å². The van der Waals surface area contributed by atoms with Crippen LogP contribution in [0, 0.1) is 0 Å². The number of carbonyl (C=O) groups is 2. The van der Waals surface area contributed by atoms with Crippen LogP contribution in [-0.4, -0.2) is 31.6 Å². The lowest BCUT2D eigenvalue weighted by Crippen LogP contribution is -2.27. The van der Waals surface area contributed by atoms with Gasteiger partial charge in [-0.2, -0.15) is 0 Å². The number of nitrogens with zero attached hydrogens (tertiary/aromatic N) is 2. The number of carboxylic acids is 1. The van der Waals surface area contributed by atoms with E-state index in [1.807, 2.05) is 0 Å². The molecule has 0 aliphatic carbocycles. The zero-order valence-electron chi connectivity index (χ0n) is 16.2. The molecule has 4 N–H and O–H groups in total. The molecule has 0 saturated carbocycles. The second-order valence-electron chi connectivity index (χ2n) is 6.78. The highest BCUT2D eigenvalue weighted by Gasteiger charge is 2.14. The molecule has 0 aliphatic heterocycles. The molecule has 0 radical (unpaired) electrons. The van der Waals surface area contributed by atoms with Crippen LogP contribution in [0.1, 0.15) is 16.1 Å². The Kier molecular flexibility index (Phi) is 5.85. The monoisotopic (exact) mass is 471 g/mol. The maximum absolute atomic E-state index is 12.1. The SMILES string of the molecule is O=C(NCc1ccn(-c2cc3nc(C(=O)O)c(=O)[nH]c3cc2Cl)c1)Nc1ccc(Cl)cc1. The van der Waals surface area contributed by atoms with Crippen molar-refractivity contribution in [1.29, 1.82) is 0 Å². The number of aromatic nitrogens is 3. The van der Waals surface area contributed by atoms with Gasteiger partial charge in [0.25, 0.3) is 5.56 Å². The lowest BCUT2D eigenvalue weighted by Gasteiger charge is -2.09. The Hall–Kier alpha value is -3.82. The number of halogens is 2. The highest BCUT2D eigenvalue weighted by atomic mass is 35.5. The Morgan fingerprint density at radius 3 is 2.59 bits per heavy atom. The second kappa shape index (κ2) is 8.74. The number of H-pyrrole nitrogens is 1. The fourth-order valence-corrected chi connectivity index (χ4v) is 3.41. The number of aromatic carboxylic acids is 1. The largest absolute Gasteiger partial charge is 0.476 e. The molecule has 0 fully saturated rings. The van der Waals surface area contributed by atoms with E-state index >= 15 is 0 Å². The van der Waals surface area contributed by atoms with Crippen LogP contribution in [0.15, 0.2) is 59.7 Å². The average molecular weight is 472 g/mol. The Balaban J connectivity index is 1.51. The zero-order chi connectivity index (χ0) is 22.8. The molecular formula is C21H15Cl2N5O4. The number of anilines is 1. The zero-order valence-corrected chi connectivity index (χ0v) is 17.7. The summed E-state index contributed by atoms with van der Waals surface area (Å²) in [7, 11) is 0. The van der Waals surface area contributed by atoms with Gasteiger partial charge in [0.1, 0.15) is 0 Å². The number of aromatic amines is 1. The number of benzene rings is 2. The van der Waals surface area contributed by atoms with E-state index < -0.39 is 17.2 Å². The number of hydrogen-bond acceptors (Lipinski definition) is 4. The van der Waals surface area contributed by atoms with E-state index in [0.29, 0.717) is 26.9 Å². The third-order valence-electron chi connectivity index (χ3n) is 4.55. The highest BCUT2D eigenvalue weighted by molar-refractivity contribution is 6.33. The molecule has 0 saturated heterocycles. The van der Waals surface area contributed by atoms with Crippen molar-refractivity contribution in [1.82, 2.24) is 19.9 Å². The number of fused-ring (bicyclic) bond motifs is 1. The molecule has 0 spiro atoms. The molecule has 0 atom stereocenters. The van der Waals surface area contributed by atoms with Gasteiger partial charge in [0.15, 0.2) is 0 Å². The summed E-state index contributed by atoms with van der Waals surface area (Å²) in [6.45, 7) is 0.256. The van der Waals surface area contributed by atoms with Crippen LogP contribution in [0.4, 0.5) is 10.5 Å². The fraction of sp³-hybridized carbons (Fsp3) is 0.0476. The highest BCUT2D eigenvalue weighted by Crippen LogP contribution is 2.25. The normalized spacial score (nSPS) is 10.8. The molecule has 4 rings (SSSR count). The summed E-state index contributed by atoms with van der Waals surface area (Å²) in [6.07, 6.45) is 3.50. The lowest BCUT2D eigenvalue weighted by molar-refractivity contribution is 0.0689. The van der Waals surface area contributed by atoms with Crippen molar-refractivity contribution in [3.05, 3.63) is 86.5 Å². The topological polar surface area (TPSA) is 129 Å². The van der Waals surface area contributed by atoms with Gasteiger partial charge in [0.2, 0.25) is 5.69 Å². The number of rotatable bonds is 5. The van der Waals surface area contributed by atoms with Gasteiger partial charge in [-0.3, -0.25) is 4.79 Å². The molecule has 11 heteroatoms. The summed E-state index contributed by atoms with van der Waals surface area (Å²) in [5, 5.41) is 15.5. The van der Waals surface area contributed by atoms with Crippen molar-refractivity contribution >= 4 is 51.9 Å². The molecule has 0 unspecified atom stereocenters. The average Bonchev–Trinajstić information content (AvgIpc) is 3.22. The number of carbonyl (C=O) groups excluding carboxylic acids is 1. The molecule has 0 bridgehead atoms. The van der Waals surface area contributed by atoms with Crippen molar-refractivity contribution < 1.29 is 14.7 Å². The van der Waals surface area contributed by atoms with E-state index in [2.05, 4.69) is 20.6 Å². The van der Waals surface area contributed by atoms with Gasteiger partial charge in [-0.25, -0.2) is 14.6 Å². The standard InChI is InChI=1S/C21H15Cl2N5O4/c22-12-1-3-13(4-2-12)25-21(32)24-9-11-5-6-28(10-11)17-8-16-15(7-14(17)23)27-19(29)18(26-16)20(30)31/h1-8,10H,9H2,(H,27,29)(H,30,31)(H2,24,25,32). The van der Waals surface area contributed by atoms with Crippen LogP contribution in [0.2, 0.25) is 10.0 Å². The van der Waals surface area contributed by atoms with Crippen molar-refractivity contribution in [2.75, 3.05) is 5.32 Å². The van der Waals surface area contributed by atoms with E-state index in [4.69, 9.17) is 28.3 Å². The molecule has 2 amide bonds. The lowest BCUT2D eigenvalue weighted by atomic mass is 10.2. The minimum Gasteiger partial charge on any atom is -0.476 e. The first-order chi connectivity index (χ1) is 15.3. The van der Waals surface area contributed by atoms with E-state index in [1.54, 1.807) is 53.4 Å². The van der Waals surface area contributed by atoms with Gasteiger partial charge in [-0.1, -0.05) is 23.2 Å². The maximum Gasteiger partial charge on any atom is 0.360 e. The number of carboxylic acid groups (broad SMARTS) is 1. The maximum atomic E-state index is 12.1. The minimum atomic E-state index is -1.42. The first kappa shape index (κ1) is 21.4. The fourth-order valence-electron chi connectivity index (χ4n) is 3.02. The number of urea groups is 1. The second-order valence-corrected chi connectivity index (χ2v) is 7.63. The summed E-state index contributed by atoms with van der Waals surface area (Å²) in [4.78, 5) is 41.5. The number of nitrogens with one attached hydrogen (secondary N) is 3. The summed E-state index contributed by atoms with van der Waals surface area (Å²) in [6, 6.07) is 11.2. The predicted molar refractivity (Wildman–Crippen MR) is 121 cm³/mol.